The SMILES string of the molecule is CN(C)N(CC#N)N=O. The predicted octanol–water partition coefficient (Wildman–Crippen LogP) is -0.0300. The summed E-state index contributed by atoms with van der Waals surface area (Å²) < 4.78 is 0. The predicted molar refractivity (Wildman–Crippen MR) is 31.8 cm³/mol. The molecular weight excluding hydrogens is 120 g/mol. The van der Waals surface area contributed by atoms with Crippen LogP contribution in [0.3, 0.4) is 0 Å². The Labute approximate surface area is 53.4 Å². The summed E-state index contributed by atoms with van der Waals surface area (Å²) in [7, 11) is 3.28. The Bertz CT molecular complexity index is 127. The number of rotatable bonds is 3. The molecule has 9 heavy (non-hydrogen) atoms. The van der Waals surface area contributed by atoms with Gasteiger partial charge in [-0.25, -0.2) is 5.01 Å². The molecule has 0 atom stereocenters. The molecule has 5 heteroatoms. The van der Waals surface area contributed by atoms with E-state index in [9.17, 15) is 4.91 Å². The van der Waals surface area contributed by atoms with Gasteiger partial charge in [0.25, 0.3) is 0 Å². The van der Waals surface area contributed by atoms with Crippen LogP contribution in [0.5, 0.6) is 0 Å². The molecule has 0 aliphatic heterocycles. The standard InChI is InChI=1S/C4H8N4O/c1-7(2)8(6-9)4-3-5/h4H2,1-2H3. The van der Waals surface area contributed by atoms with Crippen LogP contribution in [0.4, 0.5) is 0 Å². The Hall–Kier alpha value is -1.15. The quantitative estimate of drug-likeness (QED) is 0.304. The van der Waals surface area contributed by atoms with Gasteiger partial charge >= 0.3 is 0 Å². The van der Waals surface area contributed by atoms with Crippen LogP contribution in [0.2, 0.25) is 0 Å². The van der Waals surface area contributed by atoms with Gasteiger partial charge in [-0.05, 0) is 0 Å². The summed E-state index contributed by atoms with van der Waals surface area (Å²) in [6, 6.07) is 1.79. The zero-order chi connectivity index (χ0) is 7.28. The molecule has 0 rings (SSSR count). The van der Waals surface area contributed by atoms with Crippen LogP contribution < -0.4 is 0 Å². The van der Waals surface area contributed by atoms with Crippen LogP contribution in [0.15, 0.2) is 5.29 Å². The molecule has 0 bridgehead atoms. The number of hydrazine groups is 1. The Morgan fingerprint density at radius 1 is 1.67 bits per heavy atom. The van der Waals surface area contributed by atoms with Crippen LogP contribution in [0, 0.1) is 16.2 Å². The van der Waals surface area contributed by atoms with E-state index in [1.54, 1.807) is 20.2 Å². The van der Waals surface area contributed by atoms with Crippen molar-refractivity contribution in [1.29, 1.82) is 5.26 Å². The number of hydrogen-bond donors (Lipinski definition) is 0. The van der Waals surface area contributed by atoms with Gasteiger partial charge in [0.05, 0.1) is 11.4 Å². The first-order valence-electron chi connectivity index (χ1n) is 2.37. The minimum atomic E-state index is -0.00347. The lowest BCUT2D eigenvalue weighted by atomic mass is 10.7. The van der Waals surface area contributed by atoms with Crippen LogP contribution in [-0.2, 0) is 0 Å². The fourth-order valence-electron chi connectivity index (χ4n) is 0.307. The molecule has 0 amide bonds. The van der Waals surface area contributed by atoms with E-state index in [4.69, 9.17) is 5.26 Å². The molecule has 0 aliphatic rings. The third kappa shape index (κ3) is 2.61. The second kappa shape index (κ2) is 3.80. The van der Waals surface area contributed by atoms with Gasteiger partial charge in [0.1, 0.15) is 6.54 Å². The highest BCUT2D eigenvalue weighted by atomic mass is 16.3. The maximum atomic E-state index is 9.82. The van der Waals surface area contributed by atoms with Crippen molar-refractivity contribution in [2.75, 3.05) is 20.6 Å². The molecule has 0 heterocycles. The van der Waals surface area contributed by atoms with Crippen molar-refractivity contribution in [2.45, 2.75) is 0 Å². The lowest BCUT2D eigenvalue weighted by molar-refractivity contribution is 0.0412. The summed E-state index contributed by atoms with van der Waals surface area (Å²) in [5, 5.41) is 13.1. The molecule has 0 fully saturated rings. The summed E-state index contributed by atoms with van der Waals surface area (Å²) in [5.41, 5.74) is 0. The van der Waals surface area contributed by atoms with Crippen LogP contribution in [0.1, 0.15) is 0 Å². The van der Waals surface area contributed by atoms with Gasteiger partial charge in [0.15, 0.2) is 0 Å². The van der Waals surface area contributed by atoms with Gasteiger partial charge in [-0.1, -0.05) is 0 Å². The fourth-order valence-corrected chi connectivity index (χ4v) is 0.307. The van der Waals surface area contributed by atoms with Gasteiger partial charge in [-0.15, -0.1) is 4.91 Å². The van der Waals surface area contributed by atoms with Crippen molar-refractivity contribution in [2.24, 2.45) is 5.29 Å². The molecule has 0 N–H and O–H groups in total. The number of nitroso groups, excluding NO2 is 1. The minimum Gasteiger partial charge on any atom is -0.207 e. The topological polar surface area (TPSA) is 59.7 Å². The zero-order valence-electron chi connectivity index (χ0n) is 5.40. The van der Waals surface area contributed by atoms with E-state index in [2.05, 4.69) is 5.29 Å². The van der Waals surface area contributed by atoms with E-state index in [0.29, 0.717) is 0 Å². The molecule has 5 nitrogen and oxygen atoms in total. The smallest absolute Gasteiger partial charge is 0.143 e. The molecule has 0 aromatic rings. The van der Waals surface area contributed by atoms with Gasteiger partial charge in [-0.3, -0.25) is 0 Å². The molecule has 0 saturated carbocycles. The third-order valence-electron chi connectivity index (χ3n) is 0.768. The first-order valence-corrected chi connectivity index (χ1v) is 2.37. The normalized spacial score (nSPS) is 8.67. The lowest BCUT2D eigenvalue weighted by Gasteiger charge is -2.17. The van der Waals surface area contributed by atoms with E-state index in [1.807, 2.05) is 0 Å². The number of nitrogens with zero attached hydrogens (tertiary/aromatic N) is 4. The Balaban J connectivity index is 3.71. The van der Waals surface area contributed by atoms with Crippen molar-refractivity contribution >= 4 is 0 Å². The van der Waals surface area contributed by atoms with Crippen molar-refractivity contribution in [3.63, 3.8) is 0 Å². The minimum absolute atomic E-state index is 0.00347. The second-order valence-corrected chi connectivity index (χ2v) is 1.62. The molecular formula is C4H8N4O. The Morgan fingerprint density at radius 2 is 2.22 bits per heavy atom. The van der Waals surface area contributed by atoms with E-state index in [1.165, 1.54) is 5.01 Å². The highest BCUT2D eigenvalue weighted by Crippen LogP contribution is 1.88. The first kappa shape index (κ1) is 7.85. The number of hydrogen-bond acceptors (Lipinski definition) is 4. The van der Waals surface area contributed by atoms with Gasteiger partial charge < -0.3 is 0 Å². The molecule has 0 radical (unpaired) electrons. The monoisotopic (exact) mass is 128 g/mol. The van der Waals surface area contributed by atoms with Gasteiger partial charge in [-0.2, -0.15) is 10.4 Å². The Kier molecular flexibility index (Phi) is 3.32. The average molecular weight is 128 g/mol. The Morgan fingerprint density at radius 3 is 2.33 bits per heavy atom. The van der Waals surface area contributed by atoms with E-state index < -0.39 is 0 Å². The molecule has 0 spiro atoms. The van der Waals surface area contributed by atoms with Crippen LogP contribution in [-0.4, -0.2) is 30.8 Å². The highest BCUT2D eigenvalue weighted by Gasteiger charge is 2.01. The highest BCUT2D eigenvalue weighted by molar-refractivity contribution is 4.71. The maximum absolute atomic E-state index is 9.82. The molecule has 0 unspecified atom stereocenters. The van der Waals surface area contributed by atoms with Crippen molar-refractivity contribution in [1.82, 2.24) is 10.1 Å². The fraction of sp³-hybridized carbons (Fsp3) is 0.750. The third-order valence-corrected chi connectivity index (χ3v) is 0.768. The average Bonchev–Trinajstić information content (AvgIpc) is 1.82. The van der Waals surface area contributed by atoms with E-state index >= 15 is 0 Å². The van der Waals surface area contributed by atoms with Crippen LogP contribution >= 0.6 is 0 Å². The van der Waals surface area contributed by atoms with E-state index in [-0.39, 0.29) is 6.54 Å². The molecule has 0 saturated heterocycles. The molecule has 0 aromatic heterocycles. The summed E-state index contributed by atoms with van der Waals surface area (Å²) in [5.74, 6) is 0. The van der Waals surface area contributed by atoms with Crippen molar-refractivity contribution < 1.29 is 0 Å². The molecule has 0 aromatic carbocycles. The van der Waals surface area contributed by atoms with Crippen molar-refractivity contribution in [3.8, 4) is 6.07 Å². The second-order valence-electron chi connectivity index (χ2n) is 1.62. The maximum Gasteiger partial charge on any atom is 0.143 e. The summed E-state index contributed by atoms with van der Waals surface area (Å²) in [6.45, 7) is -0.00347. The van der Waals surface area contributed by atoms with Gasteiger partial charge in [0.2, 0.25) is 0 Å². The van der Waals surface area contributed by atoms with E-state index in [0.717, 1.165) is 5.12 Å². The molecule has 50 valence electrons. The summed E-state index contributed by atoms with van der Waals surface area (Å²) in [6.07, 6.45) is 0. The van der Waals surface area contributed by atoms with Gasteiger partial charge in [0, 0.05) is 14.1 Å². The zero-order valence-corrected chi connectivity index (χ0v) is 5.40. The van der Waals surface area contributed by atoms with Crippen LogP contribution in [0.25, 0.3) is 0 Å². The summed E-state index contributed by atoms with van der Waals surface area (Å²) >= 11 is 0. The lowest BCUT2D eigenvalue weighted by Crippen LogP contribution is -2.31. The largest absolute Gasteiger partial charge is 0.207 e. The molecule has 0 aliphatic carbocycles. The number of nitriles is 1. The summed E-state index contributed by atoms with van der Waals surface area (Å²) in [4.78, 5) is 9.82. The van der Waals surface area contributed by atoms with Crippen molar-refractivity contribution in [3.05, 3.63) is 4.91 Å². The first-order chi connectivity index (χ1) is 4.22.